The molecule has 1 amide bonds. The lowest BCUT2D eigenvalue weighted by molar-refractivity contribution is -0.120. The van der Waals surface area contributed by atoms with Gasteiger partial charge in [0.05, 0.1) is 4.47 Å². The maximum atomic E-state index is 13.3. The lowest BCUT2D eigenvalue weighted by Gasteiger charge is -2.21. The third kappa shape index (κ3) is 4.20. The van der Waals surface area contributed by atoms with Gasteiger partial charge in [0.1, 0.15) is 5.82 Å². The molecule has 8 nitrogen and oxygen atoms in total. The Morgan fingerprint density at radius 3 is 2.80 bits per heavy atom. The molecule has 0 bridgehead atoms. The summed E-state index contributed by atoms with van der Waals surface area (Å²) in [5, 5.41) is 24.0. The average Bonchev–Trinajstić information content (AvgIpc) is 3.07. The van der Waals surface area contributed by atoms with Crippen LogP contribution in [-0.2, 0) is 4.79 Å². The first-order valence-corrected chi connectivity index (χ1v) is 8.49. The van der Waals surface area contributed by atoms with Crippen LogP contribution in [0.1, 0.15) is 18.5 Å². The van der Waals surface area contributed by atoms with E-state index in [-0.39, 0.29) is 33.6 Å². The van der Waals surface area contributed by atoms with Gasteiger partial charge in [0.2, 0.25) is 11.7 Å². The van der Waals surface area contributed by atoms with Gasteiger partial charge in [-0.05, 0) is 70.4 Å². The second-order valence-electron chi connectivity index (χ2n) is 5.60. The number of amides is 1. The van der Waals surface area contributed by atoms with Gasteiger partial charge in [0.25, 0.3) is 0 Å². The zero-order chi connectivity index (χ0) is 17.8. The van der Waals surface area contributed by atoms with Crippen molar-refractivity contribution in [3.05, 3.63) is 34.2 Å². The molecule has 0 spiro atoms. The Morgan fingerprint density at radius 2 is 2.08 bits per heavy atom. The molecule has 0 radical (unpaired) electrons. The van der Waals surface area contributed by atoms with Gasteiger partial charge < -0.3 is 16.0 Å². The van der Waals surface area contributed by atoms with Crippen LogP contribution in [0.3, 0.4) is 0 Å². The molecule has 3 rings (SSSR count). The Labute approximate surface area is 151 Å². The number of nitrogens with zero attached hydrogens (tertiary/aromatic N) is 2. The number of piperidine rings is 1. The number of carbonyl (C=O) groups is 1. The molecule has 1 fully saturated rings. The molecule has 10 heteroatoms. The van der Waals surface area contributed by atoms with Gasteiger partial charge in [0.15, 0.2) is 11.5 Å². The molecule has 0 saturated carbocycles. The molecular formula is C15H16BrFN6O2. The van der Waals surface area contributed by atoms with Crippen LogP contribution in [0.5, 0.6) is 0 Å². The molecule has 25 heavy (non-hydrogen) atoms. The van der Waals surface area contributed by atoms with Crippen molar-refractivity contribution in [2.24, 2.45) is 5.92 Å². The van der Waals surface area contributed by atoms with E-state index < -0.39 is 5.82 Å². The van der Waals surface area contributed by atoms with E-state index in [4.69, 9.17) is 5.41 Å². The SMILES string of the molecule is N=C(Nc1ccc(F)c(Br)c1)c1nonc1NC(=O)C1CCNCC1. The second-order valence-corrected chi connectivity index (χ2v) is 6.46. The van der Waals surface area contributed by atoms with E-state index in [2.05, 4.69) is 46.8 Å². The third-order valence-corrected chi connectivity index (χ3v) is 4.47. The standard InChI is InChI=1S/C15H16BrFN6O2/c16-10-7-9(1-2-11(10)17)20-13(18)12-14(23-25-22-12)21-15(24)8-3-5-19-6-4-8/h1-2,7-8,19H,3-6H2,(H2,18,20)(H,21,23,24). The highest BCUT2D eigenvalue weighted by Crippen LogP contribution is 2.21. The fraction of sp³-hybridized carbons (Fsp3) is 0.333. The zero-order valence-corrected chi connectivity index (χ0v) is 14.7. The van der Waals surface area contributed by atoms with Gasteiger partial charge in [-0.1, -0.05) is 0 Å². The van der Waals surface area contributed by atoms with Crippen LogP contribution in [0.25, 0.3) is 0 Å². The van der Waals surface area contributed by atoms with Gasteiger partial charge in [-0.2, -0.15) is 0 Å². The monoisotopic (exact) mass is 410 g/mol. The van der Waals surface area contributed by atoms with Gasteiger partial charge in [0, 0.05) is 11.6 Å². The molecule has 0 atom stereocenters. The Kier molecular flexibility index (Phi) is 5.39. The number of halogens is 2. The van der Waals surface area contributed by atoms with E-state index in [0.29, 0.717) is 5.69 Å². The molecule has 0 unspecified atom stereocenters. The Morgan fingerprint density at radius 1 is 1.32 bits per heavy atom. The molecule has 2 heterocycles. The highest BCUT2D eigenvalue weighted by molar-refractivity contribution is 9.10. The molecule has 4 N–H and O–H groups in total. The summed E-state index contributed by atoms with van der Waals surface area (Å²) in [6.07, 6.45) is 1.48. The maximum Gasteiger partial charge on any atom is 0.228 e. The number of rotatable bonds is 4. The topological polar surface area (TPSA) is 116 Å². The van der Waals surface area contributed by atoms with Crippen LogP contribution >= 0.6 is 15.9 Å². The number of benzene rings is 1. The normalized spacial score (nSPS) is 15.0. The van der Waals surface area contributed by atoms with E-state index in [1.807, 2.05) is 0 Å². The van der Waals surface area contributed by atoms with Crippen molar-refractivity contribution >= 4 is 39.2 Å². The first-order chi connectivity index (χ1) is 12.0. The summed E-state index contributed by atoms with van der Waals surface area (Å²) in [5.41, 5.74) is 0.555. The summed E-state index contributed by atoms with van der Waals surface area (Å²) in [5.74, 6) is -0.727. The number of aromatic nitrogens is 2. The van der Waals surface area contributed by atoms with Crippen molar-refractivity contribution < 1.29 is 13.8 Å². The highest BCUT2D eigenvalue weighted by Gasteiger charge is 2.24. The van der Waals surface area contributed by atoms with E-state index in [1.165, 1.54) is 18.2 Å². The molecule has 1 aromatic carbocycles. The van der Waals surface area contributed by atoms with Crippen molar-refractivity contribution in [1.82, 2.24) is 15.6 Å². The molecule has 0 aliphatic carbocycles. The van der Waals surface area contributed by atoms with Gasteiger partial charge >= 0.3 is 0 Å². The smallest absolute Gasteiger partial charge is 0.228 e. The van der Waals surface area contributed by atoms with Gasteiger partial charge in [-0.3, -0.25) is 10.2 Å². The molecule has 2 aromatic rings. The first kappa shape index (κ1) is 17.5. The second kappa shape index (κ2) is 7.70. The fourth-order valence-electron chi connectivity index (χ4n) is 2.51. The largest absolute Gasteiger partial charge is 0.339 e. The Bertz CT molecular complexity index is 790. The molecule has 132 valence electrons. The van der Waals surface area contributed by atoms with Crippen LogP contribution in [0.15, 0.2) is 27.3 Å². The van der Waals surface area contributed by atoms with Crippen molar-refractivity contribution in [2.45, 2.75) is 12.8 Å². The number of hydrogen-bond donors (Lipinski definition) is 4. The average molecular weight is 411 g/mol. The lowest BCUT2D eigenvalue weighted by Crippen LogP contribution is -2.35. The third-order valence-electron chi connectivity index (χ3n) is 3.87. The predicted molar refractivity (Wildman–Crippen MR) is 93.1 cm³/mol. The number of amidine groups is 1. The summed E-state index contributed by atoms with van der Waals surface area (Å²) in [6.45, 7) is 1.58. The van der Waals surface area contributed by atoms with Gasteiger partial charge in [-0.25, -0.2) is 9.02 Å². The lowest BCUT2D eigenvalue weighted by atomic mass is 9.97. The molecular weight excluding hydrogens is 395 g/mol. The minimum atomic E-state index is -0.407. The summed E-state index contributed by atoms with van der Waals surface area (Å²) in [4.78, 5) is 12.3. The van der Waals surface area contributed by atoms with Crippen LogP contribution < -0.4 is 16.0 Å². The minimum absolute atomic E-state index is 0.0720. The fourth-order valence-corrected chi connectivity index (χ4v) is 2.89. The van der Waals surface area contributed by atoms with E-state index in [1.54, 1.807) is 0 Å². The van der Waals surface area contributed by atoms with Crippen LogP contribution in [-0.4, -0.2) is 35.1 Å². The molecule has 1 aliphatic rings. The molecule has 1 aromatic heterocycles. The summed E-state index contributed by atoms with van der Waals surface area (Å²) >= 11 is 3.08. The van der Waals surface area contributed by atoms with Crippen molar-refractivity contribution in [3.8, 4) is 0 Å². The van der Waals surface area contributed by atoms with Crippen molar-refractivity contribution in [1.29, 1.82) is 5.41 Å². The van der Waals surface area contributed by atoms with Crippen LogP contribution in [0, 0.1) is 17.1 Å². The van der Waals surface area contributed by atoms with E-state index in [9.17, 15) is 9.18 Å². The maximum absolute atomic E-state index is 13.3. The number of hydrogen-bond acceptors (Lipinski definition) is 6. The summed E-state index contributed by atoms with van der Waals surface area (Å²) in [7, 11) is 0. The minimum Gasteiger partial charge on any atom is -0.339 e. The van der Waals surface area contributed by atoms with Crippen molar-refractivity contribution in [2.75, 3.05) is 23.7 Å². The highest BCUT2D eigenvalue weighted by atomic mass is 79.9. The van der Waals surface area contributed by atoms with E-state index >= 15 is 0 Å². The van der Waals surface area contributed by atoms with Crippen LogP contribution in [0.4, 0.5) is 15.9 Å². The summed E-state index contributed by atoms with van der Waals surface area (Å²) in [6, 6.07) is 4.24. The van der Waals surface area contributed by atoms with Gasteiger partial charge in [-0.15, -0.1) is 0 Å². The number of carbonyl (C=O) groups excluding carboxylic acids is 1. The predicted octanol–water partition coefficient (Wildman–Crippen LogP) is 2.35. The zero-order valence-electron chi connectivity index (χ0n) is 13.1. The Balaban J connectivity index is 1.68. The van der Waals surface area contributed by atoms with Crippen molar-refractivity contribution in [3.63, 3.8) is 0 Å². The first-order valence-electron chi connectivity index (χ1n) is 7.69. The molecule has 1 aliphatic heterocycles. The van der Waals surface area contributed by atoms with Crippen LogP contribution in [0.2, 0.25) is 0 Å². The number of anilines is 2. The quantitative estimate of drug-likeness (QED) is 0.454. The van der Waals surface area contributed by atoms with E-state index in [0.717, 1.165) is 25.9 Å². The molecule has 1 saturated heterocycles. The summed E-state index contributed by atoms with van der Waals surface area (Å²) < 4.78 is 18.2. The number of nitrogens with one attached hydrogen (secondary N) is 4. The Hall–Kier alpha value is -2.33.